The molecule has 0 amide bonds. The Hall–Kier alpha value is -1.36. The highest BCUT2D eigenvalue weighted by molar-refractivity contribution is 5.77. The van der Waals surface area contributed by atoms with Gasteiger partial charge in [-0.05, 0) is 45.3 Å². The molecule has 0 aliphatic carbocycles. The molecule has 0 radical (unpaired) electrons. The van der Waals surface area contributed by atoms with Crippen LogP contribution in [0.5, 0.6) is 0 Å². The van der Waals surface area contributed by atoms with Crippen LogP contribution in [0.1, 0.15) is 56.0 Å². The van der Waals surface area contributed by atoms with Crippen molar-refractivity contribution in [2.24, 2.45) is 0 Å². The number of carbonyl (C=O) groups excluding carboxylic acids is 1. The molecule has 1 aromatic rings. The molecule has 3 rings (SSSR count). The zero-order valence-electron chi connectivity index (χ0n) is 13.0. The molecule has 0 aromatic carbocycles. The minimum Gasteiger partial charge on any atom is -0.469 e. The number of ether oxygens (including phenoxy) is 1. The maximum absolute atomic E-state index is 11.9. The van der Waals surface area contributed by atoms with Crippen LogP contribution in [0.3, 0.4) is 0 Å². The Morgan fingerprint density at radius 3 is 2.76 bits per heavy atom. The van der Waals surface area contributed by atoms with Gasteiger partial charge in [0.2, 0.25) is 0 Å². The first-order valence-electron chi connectivity index (χ1n) is 8.10. The zero-order valence-corrected chi connectivity index (χ0v) is 13.0. The first-order valence-corrected chi connectivity index (χ1v) is 8.10. The van der Waals surface area contributed by atoms with Crippen LogP contribution in [-0.2, 0) is 16.1 Å². The fourth-order valence-corrected chi connectivity index (χ4v) is 3.74. The lowest BCUT2D eigenvalue weighted by Gasteiger charge is -2.32. The molecule has 2 aliphatic rings. The largest absolute Gasteiger partial charge is 0.469 e. The number of piperidine rings is 1. The molecule has 5 heteroatoms. The molecule has 21 heavy (non-hydrogen) atoms. The van der Waals surface area contributed by atoms with E-state index in [1.165, 1.54) is 25.8 Å². The molecule has 1 aromatic heterocycles. The van der Waals surface area contributed by atoms with Gasteiger partial charge in [-0.2, -0.15) is 0 Å². The summed E-state index contributed by atoms with van der Waals surface area (Å²) in [5.74, 6) is 1.48. The number of likely N-dealkylation sites (tertiary alicyclic amines) is 1. The van der Waals surface area contributed by atoms with Gasteiger partial charge in [0.25, 0.3) is 0 Å². The van der Waals surface area contributed by atoms with Gasteiger partial charge >= 0.3 is 5.97 Å². The summed E-state index contributed by atoms with van der Waals surface area (Å²) in [5.41, 5.74) is 1.06. The van der Waals surface area contributed by atoms with Gasteiger partial charge in [0, 0.05) is 18.7 Å². The molecule has 1 saturated heterocycles. The zero-order chi connectivity index (χ0) is 14.8. The van der Waals surface area contributed by atoms with Crippen LogP contribution in [0.15, 0.2) is 6.20 Å². The van der Waals surface area contributed by atoms with Crippen molar-refractivity contribution in [1.82, 2.24) is 14.5 Å². The Morgan fingerprint density at radius 2 is 2.10 bits per heavy atom. The van der Waals surface area contributed by atoms with E-state index in [0.29, 0.717) is 5.92 Å². The van der Waals surface area contributed by atoms with E-state index in [-0.39, 0.29) is 11.9 Å². The fraction of sp³-hybridized carbons (Fsp3) is 0.750. The number of hydrogen-bond acceptors (Lipinski definition) is 4. The van der Waals surface area contributed by atoms with Crippen LogP contribution >= 0.6 is 0 Å². The van der Waals surface area contributed by atoms with Crippen molar-refractivity contribution in [3.63, 3.8) is 0 Å². The topological polar surface area (TPSA) is 47.4 Å². The summed E-state index contributed by atoms with van der Waals surface area (Å²) in [7, 11) is 1.47. The average molecular weight is 291 g/mol. The third-order valence-corrected chi connectivity index (χ3v) is 5.03. The summed E-state index contributed by atoms with van der Waals surface area (Å²) in [6, 6.07) is 0. The highest BCUT2D eigenvalue weighted by Gasteiger charge is 2.32. The van der Waals surface area contributed by atoms with Gasteiger partial charge in [-0.3, -0.25) is 4.79 Å². The fourth-order valence-electron chi connectivity index (χ4n) is 3.74. The Balaban J connectivity index is 1.80. The van der Waals surface area contributed by atoms with Crippen molar-refractivity contribution < 1.29 is 9.53 Å². The van der Waals surface area contributed by atoms with E-state index in [9.17, 15) is 4.79 Å². The average Bonchev–Trinajstić information content (AvgIpc) is 2.98. The Bertz CT molecular complexity index is 504. The standard InChI is InChI=1S/C16H25N3O2/c1-3-18-9-6-12(7-10-18)15-17-11-14-13(16(20)21-2)5-4-8-19(14)15/h11-13H,3-10H2,1-2H3. The van der Waals surface area contributed by atoms with E-state index >= 15 is 0 Å². The highest BCUT2D eigenvalue weighted by atomic mass is 16.5. The summed E-state index contributed by atoms with van der Waals surface area (Å²) >= 11 is 0. The molecule has 1 fully saturated rings. The van der Waals surface area contributed by atoms with Crippen molar-refractivity contribution in [3.05, 3.63) is 17.7 Å². The van der Waals surface area contributed by atoms with Crippen molar-refractivity contribution in [2.45, 2.75) is 51.0 Å². The number of aromatic nitrogens is 2. The second-order valence-electron chi connectivity index (χ2n) is 6.12. The van der Waals surface area contributed by atoms with Crippen molar-refractivity contribution >= 4 is 5.97 Å². The van der Waals surface area contributed by atoms with Crippen LogP contribution in [0.2, 0.25) is 0 Å². The summed E-state index contributed by atoms with van der Waals surface area (Å²) in [4.78, 5) is 19.1. The van der Waals surface area contributed by atoms with Crippen molar-refractivity contribution in [3.8, 4) is 0 Å². The van der Waals surface area contributed by atoms with E-state index in [1.54, 1.807) is 0 Å². The van der Waals surface area contributed by atoms with Crippen LogP contribution in [0.25, 0.3) is 0 Å². The summed E-state index contributed by atoms with van der Waals surface area (Å²) in [5, 5.41) is 0. The molecule has 2 aliphatic heterocycles. The van der Waals surface area contributed by atoms with Gasteiger partial charge in [-0.25, -0.2) is 4.98 Å². The lowest BCUT2D eigenvalue weighted by molar-refractivity contribution is -0.143. The summed E-state index contributed by atoms with van der Waals surface area (Å²) < 4.78 is 7.23. The normalized spacial score (nSPS) is 23.8. The van der Waals surface area contributed by atoms with Crippen LogP contribution in [-0.4, -0.2) is 47.2 Å². The van der Waals surface area contributed by atoms with Crippen molar-refractivity contribution in [1.29, 1.82) is 0 Å². The second-order valence-corrected chi connectivity index (χ2v) is 6.12. The van der Waals surface area contributed by atoms with Gasteiger partial charge in [-0.15, -0.1) is 0 Å². The summed E-state index contributed by atoms with van der Waals surface area (Å²) in [6.07, 6.45) is 6.17. The smallest absolute Gasteiger partial charge is 0.314 e. The molecule has 116 valence electrons. The third kappa shape index (κ3) is 2.71. The molecule has 0 saturated carbocycles. The number of hydrogen-bond donors (Lipinski definition) is 0. The van der Waals surface area contributed by atoms with E-state index in [1.807, 2.05) is 6.20 Å². The number of fused-ring (bicyclic) bond motifs is 1. The SMILES string of the molecule is CCN1CCC(c2ncc3n2CCCC3C(=O)OC)CC1. The molecular formula is C16H25N3O2. The maximum Gasteiger partial charge on any atom is 0.314 e. The predicted octanol–water partition coefficient (Wildman–Crippen LogP) is 2.13. The minimum absolute atomic E-state index is 0.122. The number of methoxy groups -OCH3 is 1. The molecular weight excluding hydrogens is 266 g/mol. The number of rotatable bonds is 3. The molecule has 0 N–H and O–H groups in total. The first kappa shape index (κ1) is 14.6. The first-order chi connectivity index (χ1) is 10.2. The number of imidazole rings is 1. The van der Waals surface area contributed by atoms with Gasteiger partial charge < -0.3 is 14.2 Å². The number of nitrogens with zero attached hydrogens (tertiary/aromatic N) is 3. The molecule has 5 nitrogen and oxygen atoms in total. The summed E-state index contributed by atoms with van der Waals surface area (Å²) in [6.45, 7) is 6.66. The van der Waals surface area contributed by atoms with Crippen LogP contribution < -0.4 is 0 Å². The van der Waals surface area contributed by atoms with E-state index in [4.69, 9.17) is 4.74 Å². The second kappa shape index (κ2) is 6.18. The van der Waals surface area contributed by atoms with Gasteiger partial charge in [0.05, 0.1) is 18.7 Å². The molecule has 0 spiro atoms. The van der Waals surface area contributed by atoms with Gasteiger partial charge in [0.1, 0.15) is 5.82 Å². The quantitative estimate of drug-likeness (QED) is 0.801. The Morgan fingerprint density at radius 1 is 1.33 bits per heavy atom. The Kier molecular flexibility index (Phi) is 4.29. The van der Waals surface area contributed by atoms with E-state index < -0.39 is 0 Å². The van der Waals surface area contributed by atoms with E-state index in [0.717, 1.165) is 44.7 Å². The highest BCUT2D eigenvalue weighted by Crippen LogP contribution is 2.34. The predicted molar refractivity (Wildman–Crippen MR) is 80.3 cm³/mol. The number of esters is 1. The molecule has 1 atom stereocenters. The lowest BCUT2D eigenvalue weighted by Crippen LogP contribution is -2.34. The molecule has 3 heterocycles. The number of carbonyl (C=O) groups is 1. The Labute approximate surface area is 126 Å². The molecule has 0 bridgehead atoms. The van der Waals surface area contributed by atoms with Crippen LogP contribution in [0, 0.1) is 0 Å². The minimum atomic E-state index is -0.124. The third-order valence-electron chi connectivity index (χ3n) is 5.03. The molecule has 1 unspecified atom stereocenters. The maximum atomic E-state index is 11.9. The van der Waals surface area contributed by atoms with E-state index in [2.05, 4.69) is 21.4 Å². The van der Waals surface area contributed by atoms with Crippen LogP contribution in [0.4, 0.5) is 0 Å². The van der Waals surface area contributed by atoms with Gasteiger partial charge in [-0.1, -0.05) is 6.92 Å². The monoisotopic (exact) mass is 291 g/mol. The van der Waals surface area contributed by atoms with Crippen molar-refractivity contribution in [2.75, 3.05) is 26.7 Å². The van der Waals surface area contributed by atoms with Gasteiger partial charge in [0.15, 0.2) is 0 Å². The lowest BCUT2D eigenvalue weighted by atomic mass is 9.93.